The summed E-state index contributed by atoms with van der Waals surface area (Å²) in [7, 11) is 0. The first-order chi connectivity index (χ1) is 7.90. The predicted octanol–water partition coefficient (Wildman–Crippen LogP) is 1.93. The van der Waals surface area contributed by atoms with Gasteiger partial charge in [0.1, 0.15) is 6.07 Å². The van der Waals surface area contributed by atoms with Gasteiger partial charge in [0.05, 0.1) is 11.8 Å². The van der Waals surface area contributed by atoms with Gasteiger partial charge in [-0.25, -0.2) is 4.98 Å². The Labute approximate surface area is 95.3 Å². The van der Waals surface area contributed by atoms with Gasteiger partial charge in [0.25, 0.3) is 0 Å². The van der Waals surface area contributed by atoms with Gasteiger partial charge < -0.3 is 10.1 Å². The summed E-state index contributed by atoms with van der Waals surface area (Å²) in [6.45, 7) is 1.60. The third-order valence-electron chi connectivity index (χ3n) is 2.71. The Morgan fingerprint density at radius 3 is 3.25 bits per heavy atom. The number of nitrogens with zero attached hydrogens (tertiary/aromatic N) is 2. The van der Waals surface area contributed by atoms with Crippen molar-refractivity contribution in [3.8, 4) is 6.07 Å². The van der Waals surface area contributed by atoms with Crippen molar-refractivity contribution >= 4 is 5.69 Å². The molecule has 0 aromatic carbocycles. The van der Waals surface area contributed by atoms with E-state index < -0.39 is 0 Å². The van der Waals surface area contributed by atoms with Gasteiger partial charge >= 0.3 is 0 Å². The maximum Gasteiger partial charge on any atom is 0.163 e. The highest BCUT2D eigenvalue weighted by Crippen LogP contribution is 2.15. The molecule has 4 nitrogen and oxygen atoms in total. The van der Waals surface area contributed by atoms with Crippen LogP contribution in [0.5, 0.6) is 0 Å². The van der Waals surface area contributed by atoms with E-state index in [0.29, 0.717) is 5.69 Å². The summed E-state index contributed by atoms with van der Waals surface area (Å²) in [6.07, 6.45) is 5.37. The van der Waals surface area contributed by atoms with Crippen LogP contribution in [0.25, 0.3) is 0 Å². The van der Waals surface area contributed by atoms with Gasteiger partial charge in [-0.2, -0.15) is 5.26 Å². The molecule has 84 valence electrons. The van der Waals surface area contributed by atoms with Gasteiger partial charge in [0, 0.05) is 19.3 Å². The molecule has 2 rings (SSSR count). The Kier molecular flexibility index (Phi) is 3.73. The van der Waals surface area contributed by atoms with E-state index in [1.807, 2.05) is 12.1 Å². The number of pyridine rings is 1. The molecule has 1 aliphatic rings. The van der Waals surface area contributed by atoms with Crippen LogP contribution in [0, 0.1) is 11.3 Å². The number of rotatable bonds is 3. The van der Waals surface area contributed by atoms with Crippen LogP contribution in [0.1, 0.15) is 25.0 Å². The second-order valence-corrected chi connectivity index (χ2v) is 3.88. The summed E-state index contributed by atoms with van der Waals surface area (Å²) in [5.74, 6) is 0. The zero-order chi connectivity index (χ0) is 11.2. The van der Waals surface area contributed by atoms with Crippen molar-refractivity contribution in [3.05, 3.63) is 24.0 Å². The number of anilines is 1. The molecule has 0 aliphatic carbocycles. The molecule has 1 saturated heterocycles. The number of nitriles is 1. The molecule has 1 aromatic rings. The zero-order valence-electron chi connectivity index (χ0n) is 9.15. The van der Waals surface area contributed by atoms with E-state index in [9.17, 15) is 0 Å². The van der Waals surface area contributed by atoms with Crippen LogP contribution in [0.2, 0.25) is 0 Å². The summed E-state index contributed by atoms with van der Waals surface area (Å²) in [5, 5.41) is 12.1. The summed E-state index contributed by atoms with van der Waals surface area (Å²) in [6, 6.07) is 5.76. The van der Waals surface area contributed by atoms with Crippen LogP contribution in [-0.2, 0) is 4.74 Å². The maximum absolute atomic E-state index is 8.87. The first-order valence-corrected chi connectivity index (χ1v) is 5.61. The van der Waals surface area contributed by atoms with E-state index in [1.54, 1.807) is 6.20 Å². The van der Waals surface area contributed by atoms with E-state index in [0.717, 1.165) is 31.7 Å². The third-order valence-corrected chi connectivity index (χ3v) is 2.71. The zero-order valence-corrected chi connectivity index (χ0v) is 9.15. The lowest BCUT2D eigenvalue weighted by Crippen LogP contribution is -2.27. The number of hydrogen-bond donors (Lipinski definition) is 1. The predicted molar refractivity (Wildman–Crippen MR) is 61.0 cm³/mol. The molecule has 1 N–H and O–H groups in total. The molecule has 0 saturated carbocycles. The van der Waals surface area contributed by atoms with Gasteiger partial charge in [-0.05, 0) is 31.4 Å². The topological polar surface area (TPSA) is 57.9 Å². The van der Waals surface area contributed by atoms with Gasteiger partial charge in [-0.1, -0.05) is 0 Å². The standard InChI is InChI=1S/C12H15N3O/c13-8-12-11(5-3-6-14-12)15-9-10-4-1-2-7-16-10/h3,5-6,10,15H,1-2,4,7,9H2. The second-order valence-electron chi connectivity index (χ2n) is 3.88. The minimum Gasteiger partial charge on any atom is -0.380 e. The van der Waals surface area contributed by atoms with Crippen LogP contribution in [0.15, 0.2) is 18.3 Å². The second kappa shape index (κ2) is 5.47. The quantitative estimate of drug-likeness (QED) is 0.840. The minimum absolute atomic E-state index is 0.264. The van der Waals surface area contributed by atoms with Crippen LogP contribution in [0.4, 0.5) is 5.69 Å². The normalized spacial score (nSPS) is 20.1. The first kappa shape index (κ1) is 10.9. The molecule has 16 heavy (non-hydrogen) atoms. The maximum atomic E-state index is 8.87. The van der Waals surface area contributed by atoms with Gasteiger partial charge in [0.15, 0.2) is 5.69 Å². The molecule has 0 radical (unpaired) electrons. The molecule has 2 heterocycles. The molecule has 1 aliphatic heterocycles. The van der Waals surface area contributed by atoms with Gasteiger partial charge in [-0.15, -0.1) is 0 Å². The number of hydrogen-bond acceptors (Lipinski definition) is 4. The Morgan fingerprint density at radius 2 is 2.50 bits per heavy atom. The molecule has 1 unspecified atom stereocenters. The molecular formula is C12H15N3O. The van der Waals surface area contributed by atoms with E-state index in [2.05, 4.69) is 16.4 Å². The average molecular weight is 217 g/mol. The Morgan fingerprint density at radius 1 is 1.56 bits per heavy atom. The first-order valence-electron chi connectivity index (χ1n) is 5.61. The highest BCUT2D eigenvalue weighted by atomic mass is 16.5. The lowest BCUT2D eigenvalue weighted by molar-refractivity contribution is 0.0247. The van der Waals surface area contributed by atoms with Crippen LogP contribution < -0.4 is 5.32 Å². The number of nitrogens with one attached hydrogen (secondary N) is 1. The highest BCUT2D eigenvalue weighted by molar-refractivity contribution is 5.53. The summed E-state index contributed by atoms with van der Waals surface area (Å²) >= 11 is 0. The van der Waals surface area contributed by atoms with E-state index in [1.165, 1.54) is 6.42 Å². The molecule has 0 amide bonds. The molecule has 0 bridgehead atoms. The fourth-order valence-electron chi connectivity index (χ4n) is 1.83. The molecule has 4 heteroatoms. The Bertz CT molecular complexity index is 380. The van der Waals surface area contributed by atoms with Crippen molar-refractivity contribution in [3.63, 3.8) is 0 Å². The fraction of sp³-hybridized carbons (Fsp3) is 0.500. The van der Waals surface area contributed by atoms with Crippen molar-refractivity contribution in [1.29, 1.82) is 5.26 Å². The largest absolute Gasteiger partial charge is 0.380 e. The summed E-state index contributed by atoms with van der Waals surface area (Å²) in [5.41, 5.74) is 1.23. The van der Waals surface area contributed by atoms with Crippen molar-refractivity contribution < 1.29 is 4.74 Å². The number of ether oxygens (including phenoxy) is 1. The van der Waals surface area contributed by atoms with Crippen LogP contribution >= 0.6 is 0 Å². The minimum atomic E-state index is 0.264. The summed E-state index contributed by atoms with van der Waals surface area (Å²) in [4.78, 5) is 4.00. The van der Waals surface area contributed by atoms with Crippen molar-refractivity contribution in [2.24, 2.45) is 0 Å². The van der Waals surface area contributed by atoms with Gasteiger partial charge in [-0.3, -0.25) is 0 Å². The highest BCUT2D eigenvalue weighted by Gasteiger charge is 2.13. The van der Waals surface area contributed by atoms with Crippen LogP contribution in [-0.4, -0.2) is 24.2 Å². The lowest BCUT2D eigenvalue weighted by atomic mass is 10.1. The van der Waals surface area contributed by atoms with Crippen molar-refractivity contribution in [1.82, 2.24) is 4.98 Å². The van der Waals surface area contributed by atoms with E-state index in [-0.39, 0.29) is 6.10 Å². The Balaban J connectivity index is 1.91. The third kappa shape index (κ3) is 2.71. The monoisotopic (exact) mass is 217 g/mol. The van der Waals surface area contributed by atoms with E-state index in [4.69, 9.17) is 10.00 Å². The molecule has 1 atom stereocenters. The molecule has 1 aromatic heterocycles. The van der Waals surface area contributed by atoms with Crippen molar-refractivity contribution in [2.45, 2.75) is 25.4 Å². The average Bonchev–Trinajstić information content (AvgIpc) is 2.38. The molecule has 0 spiro atoms. The SMILES string of the molecule is N#Cc1ncccc1NCC1CCCCO1. The van der Waals surface area contributed by atoms with Crippen LogP contribution in [0.3, 0.4) is 0 Å². The van der Waals surface area contributed by atoms with Gasteiger partial charge in [0.2, 0.25) is 0 Å². The summed E-state index contributed by atoms with van der Waals surface area (Å²) < 4.78 is 5.61. The Hall–Kier alpha value is -1.60. The fourth-order valence-corrected chi connectivity index (χ4v) is 1.83. The van der Waals surface area contributed by atoms with Crippen molar-refractivity contribution in [2.75, 3.05) is 18.5 Å². The van der Waals surface area contributed by atoms with E-state index >= 15 is 0 Å². The lowest BCUT2D eigenvalue weighted by Gasteiger charge is -2.23. The molecular weight excluding hydrogens is 202 g/mol. The molecule has 1 fully saturated rings. The smallest absolute Gasteiger partial charge is 0.163 e. The number of aromatic nitrogens is 1.